The third-order valence-corrected chi connectivity index (χ3v) is 3.98. The Hall–Kier alpha value is -1.65. The molecule has 0 bridgehead atoms. The number of carboxylic acid groups (broad SMARTS) is 1. The third kappa shape index (κ3) is 2.85. The van der Waals surface area contributed by atoms with Crippen LogP contribution in [0.4, 0.5) is 5.82 Å². The third-order valence-electron chi connectivity index (χ3n) is 3.98. The molecule has 1 atom stereocenters. The molecule has 0 amide bonds. The van der Waals surface area contributed by atoms with Crippen molar-refractivity contribution in [1.29, 1.82) is 0 Å². The van der Waals surface area contributed by atoms with Crippen LogP contribution in [0.3, 0.4) is 0 Å². The van der Waals surface area contributed by atoms with Gasteiger partial charge in [-0.3, -0.25) is 0 Å². The fraction of sp³-hybridized carbons (Fsp3) is 0.643. The minimum atomic E-state index is -0.949. The Bertz CT molecular complexity index is 512. The molecule has 2 rings (SSSR count). The van der Waals surface area contributed by atoms with Crippen molar-refractivity contribution in [2.45, 2.75) is 53.0 Å². The zero-order chi connectivity index (χ0) is 14.2. The summed E-state index contributed by atoms with van der Waals surface area (Å²) in [6.07, 6.45) is 3.21. The molecule has 1 aromatic rings. The molecule has 1 heterocycles. The van der Waals surface area contributed by atoms with Crippen molar-refractivity contribution in [3.05, 3.63) is 16.8 Å². The maximum atomic E-state index is 11.4. The van der Waals surface area contributed by atoms with Crippen LogP contribution < -0.4 is 5.32 Å². The number of hydrogen-bond acceptors (Lipinski definition) is 4. The smallest absolute Gasteiger partial charge is 0.339 e. The number of anilines is 1. The first-order valence-electron chi connectivity index (χ1n) is 6.64. The lowest BCUT2D eigenvalue weighted by atomic mass is 9.92. The normalized spacial score (nSPS) is 21.4. The molecule has 1 unspecified atom stereocenters. The van der Waals surface area contributed by atoms with Gasteiger partial charge in [0.2, 0.25) is 0 Å². The van der Waals surface area contributed by atoms with Gasteiger partial charge in [0.1, 0.15) is 5.56 Å². The predicted octanol–water partition coefficient (Wildman–Crippen LogP) is 2.78. The first-order chi connectivity index (χ1) is 8.80. The molecule has 1 fully saturated rings. The summed E-state index contributed by atoms with van der Waals surface area (Å²) >= 11 is 0. The molecule has 0 aliphatic heterocycles. The number of carboxylic acids is 1. The van der Waals surface area contributed by atoms with Gasteiger partial charge >= 0.3 is 5.97 Å². The molecule has 1 aromatic heterocycles. The predicted molar refractivity (Wildman–Crippen MR) is 73.5 cm³/mol. The van der Waals surface area contributed by atoms with Gasteiger partial charge in [0.15, 0.2) is 5.82 Å². The zero-order valence-corrected chi connectivity index (χ0v) is 11.9. The highest BCUT2D eigenvalue weighted by Gasteiger charge is 2.32. The Kier molecular flexibility index (Phi) is 3.47. The van der Waals surface area contributed by atoms with Crippen molar-refractivity contribution in [3.8, 4) is 0 Å². The summed E-state index contributed by atoms with van der Waals surface area (Å²) in [6, 6.07) is 0.282. The van der Waals surface area contributed by atoms with Crippen LogP contribution >= 0.6 is 0 Å². The maximum Gasteiger partial charge on any atom is 0.339 e. The van der Waals surface area contributed by atoms with Gasteiger partial charge in [0.05, 0.1) is 5.69 Å². The van der Waals surface area contributed by atoms with Crippen molar-refractivity contribution >= 4 is 11.8 Å². The SMILES string of the molecule is Cc1nnc(NC2CCC(C)(C)C2)c(C(=O)O)c1C. The number of nitrogens with zero attached hydrogens (tertiary/aromatic N) is 2. The number of aromatic nitrogens is 2. The Morgan fingerprint density at radius 3 is 2.58 bits per heavy atom. The number of hydrogen-bond donors (Lipinski definition) is 2. The molecular weight excluding hydrogens is 242 g/mol. The molecule has 1 saturated carbocycles. The van der Waals surface area contributed by atoms with Crippen LogP contribution in [-0.2, 0) is 0 Å². The Labute approximate surface area is 113 Å². The lowest BCUT2D eigenvalue weighted by molar-refractivity contribution is 0.0696. The highest BCUT2D eigenvalue weighted by atomic mass is 16.4. The quantitative estimate of drug-likeness (QED) is 0.877. The summed E-state index contributed by atoms with van der Waals surface area (Å²) < 4.78 is 0. The first kappa shape index (κ1) is 13.8. The van der Waals surface area contributed by atoms with Crippen molar-refractivity contribution in [1.82, 2.24) is 10.2 Å². The van der Waals surface area contributed by atoms with Crippen molar-refractivity contribution in [2.75, 3.05) is 5.32 Å². The average molecular weight is 263 g/mol. The summed E-state index contributed by atoms with van der Waals surface area (Å²) in [5.74, 6) is -0.548. The van der Waals surface area contributed by atoms with Crippen LogP contribution in [0.2, 0.25) is 0 Å². The molecule has 104 valence electrons. The molecule has 1 aliphatic carbocycles. The summed E-state index contributed by atoms with van der Waals surface area (Å²) in [5, 5.41) is 20.7. The highest BCUT2D eigenvalue weighted by molar-refractivity contribution is 5.94. The van der Waals surface area contributed by atoms with Crippen molar-refractivity contribution in [2.24, 2.45) is 5.41 Å². The topological polar surface area (TPSA) is 75.1 Å². The molecule has 5 nitrogen and oxygen atoms in total. The lowest BCUT2D eigenvalue weighted by Crippen LogP contribution is -2.21. The van der Waals surface area contributed by atoms with E-state index in [4.69, 9.17) is 0 Å². The average Bonchev–Trinajstić information content (AvgIpc) is 2.63. The van der Waals surface area contributed by atoms with Crippen LogP contribution in [0.25, 0.3) is 0 Å². The lowest BCUT2D eigenvalue weighted by Gasteiger charge is -2.19. The van der Waals surface area contributed by atoms with Gasteiger partial charge in [-0.1, -0.05) is 13.8 Å². The van der Waals surface area contributed by atoms with E-state index < -0.39 is 5.97 Å². The van der Waals surface area contributed by atoms with Gasteiger partial charge in [-0.2, -0.15) is 5.10 Å². The van der Waals surface area contributed by atoms with Crippen molar-refractivity contribution in [3.63, 3.8) is 0 Å². The van der Waals surface area contributed by atoms with E-state index in [2.05, 4.69) is 29.4 Å². The molecule has 0 aromatic carbocycles. The molecule has 0 spiro atoms. The largest absolute Gasteiger partial charge is 0.478 e. The summed E-state index contributed by atoms with van der Waals surface area (Å²) in [6.45, 7) is 8.02. The van der Waals surface area contributed by atoms with Crippen LogP contribution in [-0.4, -0.2) is 27.3 Å². The van der Waals surface area contributed by atoms with Gasteiger partial charge in [0, 0.05) is 6.04 Å². The van der Waals surface area contributed by atoms with Gasteiger partial charge < -0.3 is 10.4 Å². The van der Waals surface area contributed by atoms with Gasteiger partial charge in [-0.05, 0) is 44.1 Å². The second kappa shape index (κ2) is 4.79. The number of aryl methyl sites for hydroxylation is 1. The molecule has 19 heavy (non-hydrogen) atoms. The van der Waals surface area contributed by atoms with Crippen LogP contribution in [0, 0.1) is 19.3 Å². The first-order valence-corrected chi connectivity index (χ1v) is 6.64. The van der Waals surface area contributed by atoms with E-state index in [9.17, 15) is 9.90 Å². The summed E-state index contributed by atoms with van der Waals surface area (Å²) in [5.41, 5.74) is 1.91. The molecule has 0 radical (unpaired) electrons. The van der Waals surface area contributed by atoms with Gasteiger partial charge in [-0.25, -0.2) is 4.79 Å². The van der Waals surface area contributed by atoms with E-state index in [0.717, 1.165) is 19.3 Å². The maximum absolute atomic E-state index is 11.4. The summed E-state index contributed by atoms with van der Waals surface area (Å²) in [7, 11) is 0. The van der Waals surface area contributed by atoms with Crippen LogP contribution in [0.5, 0.6) is 0 Å². The monoisotopic (exact) mass is 263 g/mol. The molecule has 1 aliphatic rings. The van der Waals surface area contributed by atoms with Crippen LogP contribution in [0.15, 0.2) is 0 Å². The Morgan fingerprint density at radius 1 is 1.37 bits per heavy atom. The Balaban J connectivity index is 2.26. The zero-order valence-electron chi connectivity index (χ0n) is 11.9. The van der Waals surface area contributed by atoms with Crippen LogP contribution in [0.1, 0.15) is 54.7 Å². The van der Waals surface area contributed by atoms with E-state index in [1.807, 2.05) is 0 Å². The minimum Gasteiger partial charge on any atom is -0.478 e. The number of nitrogens with one attached hydrogen (secondary N) is 1. The minimum absolute atomic E-state index is 0.247. The number of aromatic carboxylic acids is 1. The second-order valence-electron chi connectivity index (χ2n) is 6.19. The fourth-order valence-electron chi connectivity index (χ4n) is 2.72. The molecular formula is C14H21N3O2. The van der Waals surface area contributed by atoms with Gasteiger partial charge in [0.25, 0.3) is 0 Å². The van der Waals surface area contributed by atoms with E-state index in [1.54, 1.807) is 13.8 Å². The van der Waals surface area contributed by atoms with Gasteiger partial charge in [-0.15, -0.1) is 5.10 Å². The van der Waals surface area contributed by atoms with E-state index in [-0.39, 0.29) is 11.6 Å². The Morgan fingerprint density at radius 2 is 2.05 bits per heavy atom. The number of rotatable bonds is 3. The standard InChI is InChI=1S/C14H21N3O2/c1-8-9(2)16-17-12(11(8)13(18)19)15-10-5-6-14(3,4)7-10/h10H,5-7H2,1-4H3,(H,15,17)(H,18,19). The molecule has 0 saturated heterocycles. The number of carbonyl (C=O) groups is 1. The molecule has 2 N–H and O–H groups in total. The summed E-state index contributed by atoms with van der Waals surface area (Å²) in [4.78, 5) is 11.4. The molecule has 5 heteroatoms. The second-order valence-corrected chi connectivity index (χ2v) is 6.19. The van der Waals surface area contributed by atoms with Crippen molar-refractivity contribution < 1.29 is 9.90 Å². The van der Waals surface area contributed by atoms with E-state index in [1.165, 1.54) is 0 Å². The van der Waals surface area contributed by atoms with E-state index >= 15 is 0 Å². The fourth-order valence-corrected chi connectivity index (χ4v) is 2.72. The van der Waals surface area contributed by atoms with E-state index in [0.29, 0.717) is 22.5 Å². The highest BCUT2D eigenvalue weighted by Crippen LogP contribution is 2.38.